The van der Waals surface area contributed by atoms with Crippen molar-refractivity contribution in [2.24, 2.45) is 0 Å². The molecule has 0 radical (unpaired) electrons. The molecule has 1 N–H and O–H groups in total. The van der Waals surface area contributed by atoms with Crippen LogP contribution in [0.4, 0.5) is 11.4 Å². The Morgan fingerprint density at radius 2 is 1.79 bits per heavy atom. The number of carbonyl (C=O) groups excluding carboxylic acids is 1. The van der Waals surface area contributed by atoms with E-state index >= 15 is 0 Å². The van der Waals surface area contributed by atoms with E-state index in [1.807, 2.05) is 36.4 Å². The summed E-state index contributed by atoms with van der Waals surface area (Å²) in [5, 5.41) is 3.66. The van der Waals surface area contributed by atoms with Gasteiger partial charge in [-0.2, -0.15) is 0 Å². The molecule has 0 spiro atoms. The van der Waals surface area contributed by atoms with Crippen LogP contribution >= 0.6 is 0 Å². The van der Waals surface area contributed by atoms with E-state index in [9.17, 15) is 4.79 Å². The van der Waals surface area contributed by atoms with Crippen molar-refractivity contribution in [2.75, 3.05) is 49.6 Å². The summed E-state index contributed by atoms with van der Waals surface area (Å²) in [5.41, 5.74) is 3.69. The van der Waals surface area contributed by atoms with Crippen LogP contribution in [0.15, 0.2) is 48.5 Å². The zero-order valence-electron chi connectivity index (χ0n) is 20.1. The standard InChI is InChI=1S/C28H37N3O3/c32-28(34-21-22-6-2-1-3-7-22)26-11-10-25(20-27(26)29-23-12-18-33-19-13-23)31(24-8-9-24)17-16-30-14-4-5-15-30/h1-3,6-7,10-11,20,23-24,29H,4-5,8-9,12-19,21H2. The van der Waals surface area contributed by atoms with Gasteiger partial charge in [-0.1, -0.05) is 30.3 Å². The monoisotopic (exact) mass is 463 g/mol. The van der Waals surface area contributed by atoms with Gasteiger partial charge in [0, 0.05) is 44.1 Å². The van der Waals surface area contributed by atoms with E-state index in [4.69, 9.17) is 9.47 Å². The van der Waals surface area contributed by atoms with Crippen molar-refractivity contribution in [1.82, 2.24) is 4.90 Å². The Labute approximate surface area is 203 Å². The Morgan fingerprint density at radius 1 is 1.03 bits per heavy atom. The van der Waals surface area contributed by atoms with E-state index in [2.05, 4.69) is 27.2 Å². The number of rotatable bonds is 10. The van der Waals surface area contributed by atoms with Crippen LogP contribution in [0.25, 0.3) is 0 Å². The maximum Gasteiger partial charge on any atom is 0.340 e. The zero-order chi connectivity index (χ0) is 23.2. The molecule has 2 aromatic rings. The molecular weight excluding hydrogens is 426 g/mol. The van der Waals surface area contributed by atoms with E-state index in [0.29, 0.717) is 17.6 Å². The van der Waals surface area contributed by atoms with Crippen molar-refractivity contribution in [2.45, 2.75) is 57.2 Å². The van der Waals surface area contributed by atoms with E-state index in [1.165, 1.54) is 44.5 Å². The van der Waals surface area contributed by atoms with Crippen molar-refractivity contribution in [1.29, 1.82) is 0 Å². The Balaban J connectivity index is 1.33. The number of nitrogens with one attached hydrogen (secondary N) is 1. The first-order valence-electron chi connectivity index (χ1n) is 12.9. The lowest BCUT2D eigenvalue weighted by Crippen LogP contribution is -2.35. The second kappa shape index (κ2) is 11.2. The highest BCUT2D eigenvalue weighted by Crippen LogP contribution is 2.34. The lowest BCUT2D eigenvalue weighted by molar-refractivity contribution is 0.0473. The van der Waals surface area contributed by atoms with Crippen molar-refractivity contribution >= 4 is 17.3 Å². The lowest BCUT2D eigenvalue weighted by Gasteiger charge is -2.29. The van der Waals surface area contributed by atoms with Gasteiger partial charge in [0.2, 0.25) is 0 Å². The van der Waals surface area contributed by atoms with Crippen molar-refractivity contribution in [3.05, 3.63) is 59.7 Å². The minimum atomic E-state index is -0.278. The second-order valence-electron chi connectivity index (χ2n) is 9.80. The second-order valence-corrected chi connectivity index (χ2v) is 9.80. The van der Waals surface area contributed by atoms with Crippen LogP contribution in [-0.2, 0) is 16.1 Å². The van der Waals surface area contributed by atoms with Crippen LogP contribution in [0.5, 0.6) is 0 Å². The van der Waals surface area contributed by atoms with Crippen LogP contribution in [0, 0.1) is 0 Å². The Morgan fingerprint density at radius 3 is 2.53 bits per heavy atom. The van der Waals surface area contributed by atoms with E-state index in [1.54, 1.807) is 0 Å². The molecule has 5 rings (SSSR count). The summed E-state index contributed by atoms with van der Waals surface area (Å²) >= 11 is 0. The number of likely N-dealkylation sites (tertiary alicyclic amines) is 1. The molecule has 0 aromatic heterocycles. The molecule has 0 unspecified atom stereocenters. The Bertz CT molecular complexity index is 935. The van der Waals surface area contributed by atoms with E-state index < -0.39 is 0 Å². The first kappa shape index (κ1) is 23.2. The molecule has 3 aliphatic rings. The largest absolute Gasteiger partial charge is 0.457 e. The van der Waals surface area contributed by atoms with Gasteiger partial charge < -0.3 is 24.6 Å². The minimum Gasteiger partial charge on any atom is -0.457 e. The third-order valence-electron chi connectivity index (χ3n) is 7.19. The van der Waals surface area contributed by atoms with Gasteiger partial charge in [-0.3, -0.25) is 0 Å². The van der Waals surface area contributed by atoms with Crippen LogP contribution in [-0.4, -0.2) is 62.3 Å². The van der Waals surface area contributed by atoms with E-state index in [-0.39, 0.29) is 12.6 Å². The molecule has 1 aliphatic carbocycles. The van der Waals surface area contributed by atoms with E-state index in [0.717, 1.165) is 50.4 Å². The van der Waals surface area contributed by atoms with Gasteiger partial charge in [0.05, 0.1) is 11.3 Å². The highest BCUT2D eigenvalue weighted by atomic mass is 16.5. The number of ether oxygens (including phenoxy) is 2. The summed E-state index contributed by atoms with van der Waals surface area (Å²) in [5.74, 6) is -0.278. The number of nitrogens with zero attached hydrogens (tertiary/aromatic N) is 2. The molecule has 0 bridgehead atoms. The van der Waals surface area contributed by atoms with Crippen LogP contribution < -0.4 is 10.2 Å². The quantitative estimate of drug-likeness (QED) is 0.516. The number of hydrogen-bond acceptors (Lipinski definition) is 6. The van der Waals surface area contributed by atoms with Gasteiger partial charge in [0.25, 0.3) is 0 Å². The van der Waals surface area contributed by atoms with Crippen molar-refractivity contribution < 1.29 is 14.3 Å². The highest BCUT2D eigenvalue weighted by Gasteiger charge is 2.30. The average molecular weight is 464 g/mol. The van der Waals surface area contributed by atoms with Crippen LogP contribution in [0.3, 0.4) is 0 Å². The maximum absolute atomic E-state index is 13.1. The van der Waals surface area contributed by atoms with Gasteiger partial charge >= 0.3 is 5.97 Å². The summed E-state index contributed by atoms with van der Waals surface area (Å²) in [6.45, 7) is 6.40. The Kier molecular flexibility index (Phi) is 7.66. The SMILES string of the molecule is O=C(OCc1ccccc1)c1ccc(N(CCN2CCCC2)C2CC2)cc1NC1CCOCC1. The number of anilines is 2. The molecule has 2 aliphatic heterocycles. The molecule has 2 aromatic carbocycles. The molecule has 34 heavy (non-hydrogen) atoms. The van der Waals surface area contributed by atoms with Gasteiger partial charge in [-0.15, -0.1) is 0 Å². The summed E-state index contributed by atoms with van der Waals surface area (Å²) in [6, 6.07) is 17.0. The highest BCUT2D eigenvalue weighted by molar-refractivity contribution is 5.96. The van der Waals surface area contributed by atoms with Gasteiger partial charge in [0.1, 0.15) is 6.61 Å². The molecule has 2 saturated heterocycles. The minimum absolute atomic E-state index is 0.278. The van der Waals surface area contributed by atoms with Crippen LogP contribution in [0.1, 0.15) is 54.4 Å². The normalized spacial score (nSPS) is 19.2. The summed E-state index contributed by atoms with van der Waals surface area (Å²) in [4.78, 5) is 18.2. The molecule has 182 valence electrons. The number of carbonyl (C=O) groups is 1. The predicted octanol–water partition coefficient (Wildman–Crippen LogP) is 4.70. The van der Waals surface area contributed by atoms with Gasteiger partial charge in [0.15, 0.2) is 0 Å². The number of benzene rings is 2. The van der Waals surface area contributed by atoms with Crippen molar-refractivity contribution in [3.63, 3.8) is 0 Å². The molecule has 3 fully saturated rings. The fraction of sp³-hybridized carbons (Fsp3) is 0.536. The first-order valence-corrected chi connectivity index (χ1v) is 12.9. The molecule has 0 amide bonds. The molecule has 2 heterocycles. The molecule has 6 nitrogen and oxygen atoms in total. The fourth-order valence-electron chi connectivity index (χ4n) is 5.04. The molecular formula is C28H37N3O3. The third kappa shape index (κ3) is 6.10. The third-order valence-corrected chi connectivity index (χ3v) is 7.19. The molecule has 6 heteroatoms. The van der Waals surface area contributed by atoms with Crippen LogP contribution in [0.2, 0.25) is 0 Å². The smallest absolute Gasteiger partial charge is 0.340 e. The average Bonchev–Trinajstić information content (AvgIpc) is 3.58. The summed E-state index contributed by atoms with van der Waals surface area (Å²) in [6.07, 6.45) is 7.05. The lowest BCUT2D eigenvalue weighted by atomic mass is 10.1. The van der Waals surface area contributed by atoms with Gasteiger partial charge in [-0.05, 0) is 75.4 Å². The zero-order valence-corrected chi connectivity index (χ0v) is 20.1. The first-order chi connectivity index (χ1) is 16.8. The maximum atomic E-state index is 13.1. The Hall–Kier alpha value is -2.57. The summed E-state index contributed by atoms with van der Waals surface area (Å²) in [7, 11) is 0. The predicted molar refractivity (Wildman–Crippen MR) is 136 cm³/mol. The summed E-state index contributed by atoms with van der Waals surface area (Å²) < 4.78 is 11.2. The fourth-order valence-corrected chi connectivity index (χ4v) is 5.04. The van der Waals surface area contributed by atoms with Crippen molar-refractivity contribution in [3.8, 4) is 0 Å². The molecule has 1 saturated carbocycles. The number of hydrogen-bond donors (Lipinski definition) is 1. The molecule has 0 atom stereocenters. The van der Waals surface area contributed by atoms with Gasteiger partial charge in [-0.25, -0.2) is 4.79 Å². The topological polar surface area (TPSA) is 54.0 Å². The number of esters is 1.